The zero-order valence-corrected chi connectivity index (χ0v) is 20.8. The van der Waals surface area contributed by atoms with Crippen LogP contribution in [0.25, 0.3) is 11.4 Å². The lowest BCUT2D eigenvalue weighted by Crippen LogP contribution is -2.47. The van der Waals surface area contributed by atoms with Crippen LogP contribution in [0.2, 0.25) is 5.02 Å². The van der Waals surface area contributed by atoms with Gasteiger partial charge < -0.3 is 19.1 Å². The van der Waals surface area contributed by atoms with Crippen molar-refractivity contribution in [3.63, 3.8) is 0 Å². The number of hydrogen-bond donors (Lipinski definition) is 0. The number of likely N-dealkylation sites (tertiary alicyclic amines) is 1. The number of amides is 2. The van der Waals surface area contributed by atoms with Crippen molar-refractivity contribution in [2.24, 2.45) is 0 Å². The highest BCUT2D eigenvalue weighted by Crippen LogP contribution is 2.31. The van der Waals surface area contributed by atoms with Crippen LogP contribution in [0.15, 0.2) is 53.1 Å². The van der Waals surface area contributed by atoms with Crippen LogP contribution in [0.3, 0.4) is 0 Å². The summed E-state index contributed by atoms with van der Waals surface area (Å²) in [6, 6.07) is 12.5. The van der Waals surface area contributed by atoms with Gasteiger partial charge in [0.05, 0.1) is 19.6 Å². The molecule has 8 nitrogen and oxygen atoms in total. The molecule has 10 heteroatoms. The highest BCUT2D eigenvalue weighted by molar-refractivity contribution is 6.30. The van der Waals surface area contributed by atoms with Gasteiger partial charge in [-0.25, -0.2) is 4.39 Å². The van der Waals surface area contributed by atoms with Gasteiger partial charge in [-0.3, -0.25) is 9.59 Å². The van der Waals surface area contributed by atoms with E-state index < -0.39 is 0 Å². The number of rotatable bonds is 9. The molecule has 0 saturated carbocycles. The van der Waals surface area contributed by atoms with Crippen LogP contribution >= 0.6 is 11.6 Å². The number of carbonyl (C=O) groups is 2. The molecule has 0 radical (unpaired) electrons. The molecular weight excluding hydrogens is 487 g/mol. The number of carbonyl (C=O) groups excluding carboxylic acids is 2. The van der Waals surface area contributed by atoms with Gasteiger partial charge in [0.25, 0.3) is 0 Å². The van der Waals surface area contributed by atoms with Gasteiger partial charge in [-0.05, 0) is 61.2 Å². The molecule has 190 valence electrons. The van der Waals surface area contributed by atoms with Crippen molar-refractivity contribution < 1.29 is 23.2 Å². The molecule has 0 bridgehead atoms. The minimum atomic E-state index is -0.367. The van der Waals surface area contributed by atoms with Gasteiger partial charge in [-0.15, -0.1) is 0 Å². The number of ether oxygens (including phenoxy) is 1. The highest BCUT2D eigenvalue weighted by Gasteiger charge is 2.33. The average molecular weight is 515 g/mol. The predicted octanol–water partition coefficient (Wildman–Crippen LogP) is 4.30. The molecule has 1 fully saturated rings. The Morgan fingerprint density at radius 1 is 1.17 bits per heavy atom. The molecule has 1 unspecified atom stereocenters. The molecule has 1 aliphatic rings. The van der Waals surface area contributed by atoms with Crippen molar-refractivity contribution in [1.29, 1.82) is 0 Å². The summed E-state index contributed by atoms with van der Waals surface area (Å²) in [6.07, 6.45) is 2.52. The monoisotopic (exact) mass is 514 g/mol. The molecule has 1 aromatic heterocycles. The van der Waals surface area contributed by atoms with Crippen LogP contribution in [-0.2, 0) is 20.7 Å². The molecule has 36 heavy (non-hydrogen) atoms. The maximum absolute atomic E-state index is 13.4. The molecule has 0 aliphatic carbocycles. The third-order valence-electron chi connectivity index (χ3n) is 6.17. The van der Waals surface area contributed by atoms with Gasteiger partial charge in [0.1, 0.15) is 11.9 Å². The zero-order chi connectivity index (χ0) is 25.5. The summed E-state index contributed by atoms with van der Waals surface area (Å²) in [6.45, 7) is 0.993. The molecule has 0 N–H and O–H groups in total. The molecule has 2 amide bonds. The maximum atomic E-state index is 13.4. The summed E-state index contributed by atoms with van der Waals surface area (Å²) in [7, 11) is 1.54. The van der Waals surface area contributed by atoms with Crippen molar-refractivity contribution in [3.8, 4) is 11.4 Å². The number of halogens is 2. The number of piperidine rings is 1. The Hall–Kier alpha value is -3.30. The minimum absolute atomic E-state index is 0.0643. The Labute approximate surface area is 214 Å². The highest BCUT2D eigenvalue weighted by atomic mass is 35.5. The summed E-state index contributed by atoms with van der Waals surface area (Å²) in [5.41, 5.74) is 1.44. The van der Waals surface area contributed by atoms with Crippen molar-refractivity contribution in [3.05, 3.63) is 70.8 Å². The average Bonchev–Trinajstić information content (AvgIpc) is 3.38. The fourth-order valence-corrected chi connectivity index (χ4v) is 4.34. The first-order valence-corrected chi connectivity index (χ1v) is 12.2. The second kappa shape index (κ2) is 12.1. The van der Waals surface area contributed by atoms with E-state index in [9.17, 15) is 14.0 Å². The fraction of sp³-hybridized carbons (Fsp3) is 0.385. The van der Waals surface area contributed by atoms with Gasteiger partial charge in [-0.1, -0.05) is 28.9 Å². The smallest absolute Gasteiger partial charge is 0.249 e. The summed E-state index contributed by atoms with van der Waals surface area (Å²) in [5, 5.41) is 4.70. The van der Waals surface area contributed by atoms with E-state index >= 15 is 0 Å². The molecule has 3 aromatic rings. The van der Waals surface area contributed by atoms with Crippen LogP contribution in [0, 0.1) is 5.82 Å². The lowest BCUT2D eigenvalue weighted by Gasteiger charge is -2.35. The Balaban J connectivity index is 1.47. The van der Waals surface area contributed by atoms with E-state index in [1.807, 2.05) is 0 Å². The van der Waals surface area contributed by atoms with Crippen molar-refractivity contribution in [2.45, 2.75) is 31.7 Å². The lowest BCUT2D eigenvalue weighted by atomic mass is 10.0. The lowest BCUT2D eigenvalue weighted by molar-refractivity contribution is -0.143. The van der Waals surface area contributed by atoms with Crippen molar-refractivity contribution in [1.82, 2.24) is 19.9 Å². The second-order valence-electron chi connectivity index (χ2n) is 8.67. The van der Waals surface area contributed by atoms with Crippen LogP contribution in [0.5, 0.6) is 0 Å². The fourth-order valence-electron chi connectivity index (χ4n) is 4.21. The number of methoxy groups -OCH3 is 1. The van der Waals surface area contributed by atoms with Crippen LogP contribution in [0.4, 0.5) is 4.39 Å². The van der Waals surface area contributed by atoms with E-state index in [1.54, 1.807) is 48.4 Å². The molecule has 2 heterocycles. The predicted molar refractivity (Wildman–Crippen MR) is 132 cm³/mol. The Morgan fingerprint density at radius 3 is 2.64 bits per heavy atom. The van der Waals surface area contributed by atoms with E-state index in [-0.39, 0.29) is 43.2 Å². The van der Waals surface area contributed by atoms with E-state index in [2.05, 4.69) is 10.1 Å². The molecule has 1 atom stereocenters. The largest absolute Gasteiger partial charge is 0.383 e. The minimum Gasteiger partial charge on any atom is -0.383 e. The van der Waals surface area contributed by atoms with Gasteiger partial charge in [-0.2, -0.15) is 4.98 Å². The summed E-state index contributed by atoms with van der Waals surface area (Å²) < 4.78 is 23.9. The van der Waals surface area contributed by atoms with Gasteiger partial charge >= 0.3 is 0 Å². The summed E-state index contributed by atoms with van der Waals surface area (Å²) in [4.78, 5) is 34.2. The van der Waals surface area contributed by atoms with E-state index in [0.29, 0.717) is 41.9 Å². The molecular formula is C26H28ClFN4O4. The standard InChI is InChI=1S/C26H28ClFN4O4/c1-35-15-14-31(23(33)16-18-5-11-21(28)12-6-18)17-24(34)32-13-3-2-4-22(32)26-29-25(30-36-26)19-7-9-20(27)10-8-19/h5-12,22H,2-4,13-17H2,1H3. The maximum Gasteiger partial charge on any atom is 0.249 e. The number of nitrogens with zero attached hydrogens (tertiary/aromatic N) is 4. The first-order valence-electron chi connectivity index (χ1n) is 11.8. The third-order valence-corrected chi connectivity index (χ3v) is 6.42. The molecule has 1 saturated heterocycles. The van der Waals surface area contributed by atoms with Gasteiger partial charge in [0.2, 0.25) is 23.5 Å². The topological polar surface area (TPSA) is 88.8 Å². The molecule has 4 rings (SSSR count). The van der Waals surface area contributed by atoms with E-state index in [1.165, 1.54) is 17.0 Å². The third kappa shape index (κ3) is 6.47. The summed E-state index contributed by atoms with van der Waals surface area (Å²) in [5.74, 6) is -0.00296. The second-order valence-corrected chi connectivity index (χ2v) is 9.11. The Bertz CT molecular complexity index is 1170. The number of benzene rings is 2. The quantitative estimate of drug-likeness (QED) is 0.423. The van der Waals surface area contributed by atoms with Gasteiger partial charge in [0.15, 0.2) is 0 Å². The van der Waals surface area contributed by atoms with Crippen LogP contribution < -0.4 is 0 Å². The summed E-state index contributed by atoms with van der Waals surface area (Å²) >= 11 is 5.97. The zero-order valence-electron chi connectivity index (χ0n) is 20.0. The molecule has 2 aromatic carbocycles. The normalized spacial score (nSPS) is 15.6. The SMILES string of the molecule is COCCN(CC(=O)N1CCCCC1c1nc(-c2ccc(Cl)cc2)no1)C(=O)Cc1ccc(F)cc1. The molecule has 0 spiro atoms. The van der Waals surface area contributed by atoms with Gasteiger partial charge in [0, 0.05) is 30.8 Å². The first-order chi connectivity index (χ1) is 17.4. The van der Waals surface area contributed by atoms with Crippen molar-refractivity contribution in [2.75, 3.05) is 33.4 Å². The van der Waals surface area contributed by atoms with E-state index in [4.69, 9.17) is 20.9 Å². The molecule has 1 aliphatic heterocycles. The Morgan fingerprint density at radius 2 is 1.92 bits per heavy atom. The van der Waals surface area contributed by atoms with Crippen LogP contribution in [0.1, 0.15) is 36.8 Å². The Kier molecular flexibility index (Phi) is 8.66. The van der Waals surface area contributed by atoms with Crippen LogP contribution in [-0.4, -0.2) is 65.1 Å². The van der Waals surface area contributed by atoms with E-state index in [0.717, 1.165) is 18.4 Å². The number of hydrogen-bond acceptors (Lipinski definition) is 6. The van der Waals surface area contributed by atoms with Crippen molar-refractivity contribution >= 4 is 23.4 Å². The first kappa shape index (κ1) is 25.8. The number of aromatic nitrogens is 2.